The lowest BCUT2D eigenvalue weighted by Crippen LogP contribution is -2.49. The van der Waals surface area contributed by atoms with Gasteiger partial charge in [0.15, 0.2) is 0 Å². The second kappa shape index (κ2) is 8.66. The predicted molar refractivity (Wildman–Crippen MR) is 111 cm³/mol. The average molecular weight is 436 g/mol. The highest BCUT2D eigenvalue weighted by molar-refractivity contribution is 7.91. The van der Waals surface area contributed by atoms with Crippen LogP contribution in [-0.4, -0.2) is 46.0 Å². The fourth-order valence-corrected chi connectivity index (χ4v) is 5.59. The van der Waals surface area contributed by atoms with Gasteiger partial charge in [0.1, 0.15) is 15.8 Å². The van der Waals surface area contributed by atoms with E-state index >= 15 is 0 Å². The molecule has 1 N–H and O–H groups in total. The summed E-state index contributed by atoms with van der Waals surface area (Å²) < 4.78 is 46.8. The Morgan fingerprint density at radius 1 is 1.07 bits per heavy atom. The van der Waals surface area contributed by atoms with E-state index in [-0.39, 0.29) is 18.4 Å². The zero-order valence-electron chi connectivity index (χ0n) is 15.7. The number of anilines is 1. The van der Waals surface area contributed by atoms with Gasteiger partial charge in [-0.15, -0.1) is 11.3 Å². The summed E-state index contributed by atoms with van der Waals surface area (Å²) in [6.45, 7) is 3.23. The number of nitrogens with one attached hydrogen (secondary N) is 1. The molecule has 4 rings (SSSR count). The molecule has 154 valence electrons. The molecule has 0 saturated carbocycles. The lowest BCUT2D eigenvalue weighted by atomic mass is 10.1. The molecule has 0 unspecified atom stereocenters. The SMILES string of the molecule is O=S(=O)(NC[C@H](c1ccco1)N1CCN(c2ccc(F)cc2)CC1)c1cccs1. The minimum atomic E-state index is -3.55. The largest absolute Gasteiger partial charge is 0.468 e. The standard InChI is InChI=1S/C20H22FN3O3S2/c21-16-5-7-17(8-6-16)23-9-11-24(12-10-23)18(19-3-1-13-27-19)15-22-29(25,26)20-4-2-14-28-20/h1-8,13-14,18,22H,9-12,15H2/t18-/m1/s1. The Kier molecular flexibility index (Phi) is 6.00. The maximum atomic E-state index is 13.2. The summed E-state index contributed by atoms with van der Waals surface area (Å²) in [5.74, 6) is 0.484. The molecule has 0 spiro atoms. The summed E-state index contributed by atoms with van der Waals surface area (Å²) in [5, 5.41) is 1.74. The third kappa shape index (κ3) is 4.69. The molecule has 1 saturated heterocycles. The lowest BCUT2D eigenvalue weighted by Gasteiger charge is -2.39. The van der Waals surface area contributed by atoms with Crippen molar-refractivity contribution < 1.29 is 17.2 Å². The third-order valence-electron chi connectivity index (χ3n) is 5.05. The number of furan rings is 1. The number of sulfonamides is 1. The van der Waals surface area contributed by atoms with Crippen molar-refractivity contribution in [3.05, 3.63) is 71.8 Å². The molecule has 0 aliphatic carbocycles. The van der Waals surface area contributed by atoms with Gasteiger partial charge in [-0.25, -0.2) is 17.5 Å². The van der Waals surface area contributed by atoms with Crippen LogP contribution < -0.4 is 9.62 Å². The maximum absolute atomic E-state index is 13.2. The number of thiophene rings is 1. The summed E-state index contributed by atoms with van der Waals surface area (Å²) in [6, 6.07) is 13.3. The molecule has 1 atom stereocenters. The van der Waals surface area contributed by atoms with Crippen LogP contribution in [0.25, 0.3) is 0 Å². The number of piperazine rings is 1. The zero-order valence-corrected chi connectivity index (χ0v) is 17.3. The van der Waals surface area contributed by atoms with Gasteiger partial charge in [0.05, 0.1) is 12.3 Å². The first-order chi connectivity index (χ1) is 14.0. The molecule has 3 heterocycles. The van der Waals surface area contributed by atoms with Crippen molar-refractivity contribution in [2.75, 3.05) is 37.6 Å². The number of nitrogens with zero attached hydrogens (tertiary/aromatic N) is 2. The Labute approximate surface area is 173 Å². The van der Waals surface area contributed by atoms with E-state index in [2.05, 4.69) is 14.5 Å². The highest BCUT2D eigenvalue weighted by Gasteiger charge is 2.28. The number of hydrogen-bond acceptors (Lipinski definition) is 6. The van der Waals surface area contributed by atoms with Gasteiger partial charge in [0.25, 0.3) is 0 Å². The van der Waals surface area contributed by atoms with E-state index in [4.69, 9.17) is 4.42 Å². The maximum Gasteiger partial charge on any atom is 0.250 e. The van der Waals surface area contributed by atoms with Gasteiger partial charge in [-0.05, 0) is 47.8 Å². The van der Waals surface area contributed by atoms with Gasteiger partial charge in [-0.2, -0.15) is 0 Å². The average Bonchev–Trinajstić information content (AvgIpc) is 3.44. The van der Waals surface area contributed by atoms with E-state index < -0.39 is 10.0 Å². The van der Waals surface area contributed by atoms with Crippen LogP contribution in [0.3, 0.4) is 0 Å². The summed E-state index contributed by atoms with van der Waals surface area (Å²) in [4.78, 5) is 4.42. The highest BCUT2D eigenvalue weighted by atomic mass is 32.2. The molecule has 0 amide bonds. The zero-order chi connectivity index (χ0) is 20.3. The number of hydrogen-bond donors (Lipinski definition) is 1. The van der Waals surface area contributed by atoms with Crippen LogP contribution in [-0.2, 0) is 10.0 Å². The van der Waals surface area contributed by atoms with Crippen molar-refractivity contribution in [2.24, 2.45) is 0 Å². The van der Waals surface area contributed by atoms with E-state index in [1.165, 1.54) is 23.5 Å². The molecule has 0 radical (unpaired) electrons. The van der Waals surface area contributed by atoms with Gasteiger partial charge >= 0.3 is 0 Å². The smallest absolute Gasteiger partial charge is 0.250 e. The Balaban J connectivity index is 1.44. The normalized spacial score (nSPS) is 16.8. The van der Waals surface area contributed by atoms with Crippen LogP contribution in [0.2, 0.25) is 0 Å². The van der Waals surface area contributed by atoms with Crippen LogP contribution in [0.5, 0.6) is 0 Å². The highest BCUT2D eigenvalue weighted by Crippen LogP contribution is 2.25. The van der Waals surface area contributed by atoms with Crippen LogP contribution in [0.1, 0.15) is 11.8 Å². The summed E-state index contributed by atoms with van der Waals surface area (Å²) in [5.41, 5.74) is 0.985. The molecule has 1 fully saturated rings. The topological polar surface area (TPSA) is 65.8 Å². The fraction of sp³-hybridized carbons (Fsp3) is 0.300. The van der Waals surface area contributed by atoms with Crippen molar-refractivity contribution in [2.45, 2.75) is 10.3 Å². The molecule has 29 heavy (non-hydrogen) atoms. The molecule has 6 nitrogen and oxygen atoms in total. The van der Waals surface area contributed by atoms with E-state index in [9.17, 15) is 12.8 Å². The minimum Gasteiger partial charge on any atom is -0.468 e. The monoisotopic (exact) mass is 435 g/mol. The Morgan fingerprint density at radius 2 is 1.83 bits per heavy atom. The minimum absolute atomic E-state index is 0.199. The van der Waals surface area contributed by atoms with Gasteiger partial charge in [-0.3, -0.25) is 4.90 Å². The first-order valence-electron chi connectivity index (χ1n) is 9.34. The number of rotatable bonds is 7. The van der Waals surface area contributed by atoms with E-state index in [0.29, 0.717) is 4.21 Å². The number of halogens is 1. The molecule has 0 bridgehead atoms. The molecule has 9 heteroatoms. The third-order valence-corrected chi connectivity index (χ3v) is 7.87. The van der Waals surface area contributed by atoms with Gasteiger partial charge < -0.3 is 9.32 Å². The van der Waals surface area contributed by atoms with E-state index in [0.717, 1.165) is 37.6 Å². The second-order valence-corrected chi connectivity index (χ2v) is 9.76. The van der Waals surface area contributed by atoms with Crippen molar-refractivity contribution in [3.63, 3.8) is 0 Å². The van der Waals surface area contributed by atoms with Crippen LogP contribution in [0.4, 0.5) is 10.1 Å². The summed E-state index contributed by atoms with van der Waals surface area (Å²) >= 11 is 1.19. The van der Waals surface area contributed by atoms with Gasteiger partial charge in [0, 0.05) is 38.4 Å². The summed E-state index contributed by atoms with van der Waals surface area (Å²) in [7, 11) is -3.55. The summed E-state index contributed by atoms with van der Waals surface area (Å²) in [6.07, 6.45) is 1.60. The van der Waals surface area contributed by atoms with Crippen LogP contribution >= 0.6 is 11.3 Å². The molecule has 1 aliphatic heterocycles. The van der Waals surface area contributed by atoms with Gasteiger partial charge in [0.2, 0.25) is 10.0 Å². The molecular formula is C20H22FN3O3S2. The fourth-order valence-electron chi connectivity index (χ4n) is 3.51. The lowest BCUT2D eigenvalue weighted by molar-refractivity contribution is 0.166. The quantitative estimate of drug-likeness (QED) is 0.617. The molecule has 1 aliphatic rings. The van der Waals surface area contributed by atoms with Crippen LogP contribution in [0.15, 0.2) is 68.8 Å². The molecule has 3 aromatic rings. The van der Waals surface area contributed by atoms with E-state index in [1.54, 1.807) is 35.9 Å². The molecule has 2 aromatic heterocycles. The van der Waals surface area contributed by atoms with Crippen molar-refractivity contribution >= 4 is 27.0 Å². The van der Waals surface area contributed by atoms with Crippen molar-refractivity contribution in [1.82, 2.24) is 9.62 Å². The predicted octanol–water partition coefficient (Wildman–Crippen LogP) is 3.32. The first kappa shape index (κ1) is 20.1. The Bertz CT molecular complexity index is 998. The van der Waals surface area contributed by atoms with Crippen molar-refractivity contribution in [1.29, 1.82) is 0 Å². The Morgan fingerprint density at radius 3 is 2.45 bits per heavy atom. The van der Waals surface area contributed by atoms with Gasteiger partial charge in [-0.1, -0.05) is 6.07 Å². The molecule has 1 aromatic carbocycles. The second-order valence-electron chi connectivity index (χ2n) is 6.81. The van der Waals surface area contributed by atoms with E-state index in [1.807, 2.05) is 12.1 Å². The Hall–Kier alpha value is -2.20. The van der Waals surface area contributed by atoms with Crippen molar-refractivity contribution in [3.8, 4) is 0 Å². The first-order valence-corrected chi connectivity index (χ1v) is 11.7. The van der Waals surface area contributed by atoms with Crippen LogP contribution in [0, 0.1) is 5.82 Å². The number of benzene rings is 1. The molecular weight excluding hydrogens is 413 g/mol.